The van der Waals surface area contributed by atoms with Crippen LogP contribution in [-0.2, 0) is 0 Å². The van der Waals surface area contributed by atoms with Crippen LogP contribution in [0.1, 0.15) is 5.56 Å². The number of aromatic nitrogens is 1. The van der Waals surface area contributed by atoms with Gasteiger partial charge >= 0.3 is 6.36 Å². The van der Waals surface area contributed by atoms with Crippen molar-refractivity contribution in [1.29, 1.82) is 5.26 Å². The number of halogens is 4. The van der Waals surface area contributed by atoms with Crippen LogP contribution >= 0.6 is 0 Å². The summed E-state index contributed by atoms with van der Waals surface area (Å²) in [6.45, 7) is 0. The summed E-state index contributed by atoms with van der Waals surface area (Å²) in [7, 11) is 0. The van der Waals surface area contributed by atoms with Crippen molar-refractivity contribution in [2.24, 2.45) is 0 Å². The molecule has 0 fully saturated rings. The lowest BCUT2D eigenvalue weighted by Crippen LogP contribution is -2.19. The van der Waals surface area contributed by atoms with Crippen molar-refractivity contribution in [2.45, 2.75) is 6.36 Å². The van der Waals surface area contributed by atoms with Crippen LogP contribution in [0, 0.1) is 17.1 Å². The third-order valence-corrected chi connectivity index (χ3v) is 3.68. The molecular weight excluding hydrogens is 364 g/mol. The molecule has 1 aromatic heterocycles. The largest absolute Gasteiger partial charge is 0.573 e. The average Bonchev–Trinajstić information content (AvgIpc) is 2.62. The van der Waals surface area contributed by atoms with E-state index in [0.717, 1.165) is 18.2 Å². The van der Waals surface area contributed by atoms with Crippen molar-refractivity contribution >= 4 is 0 Å². The van der Waals surface area contributed by atoms with E-state index in [1.807, 2.05) is 6.07 Å². The zero-order valence-electron chi connectivity index (χ0n) is 13.5. The SMILES string of the molecule is N#Cc1cc(=O)n(-c2ccc(OC(F)(F)F)cc2)cc1-c1ccc(F)cc1. The quantitative estimate of drug-likeness (QED) is 0.638. The van der Waals surface area contributed by atoms with Crippen molar-refractivity contribution in [3.05, 3.63) is 82.5 Å². The maximum Gasteiger partial charge on any atom is 0.573 e. The van der Waals surface area contributed by atoms with Gasteiger partial charge in [-0.1, -0.05) is 12.1 Å². The van der Waals surface area contributed by atoms with Crippen LogP contribution in [0.5, 0.6) is 5.75 Å². The number of nitriles is 1. The lowest BCUT2D eigenvalue weighted by molar-refractivity contribution is -0.274. The molecule has 136 valence electrons. The van der Waals surface area contributed by atoms with E-state index < -0.39 is 23.5 Å². The molecule has 1 heterocycles. The van der Waals surface area contributed by atoms with Gasteiger partial charge in [0.05, 0.1) is 5.56 Å². The van der Waals surface area contributed by atoms with E-state index in [4.69, 9.17) is 0 Å². The van der Waals surface area contributed by atoms with Gasteiger partial charge in [0.15, 0.2) is 0 Å². The predicted molar refractivity (Wildman–Crippen MR) is 88.8 cm³/mol. The fraction of sp³-hybridized carbons (Fsp3) is 0.0526. The van der Waals surface area contributed by atoms with Gasteiger partial charge in [0, 0.05) is 23.5 Å². The Morgan fingerprint density at radius 1 is 1.00 bits per heavy atom. The zero-order chi connectivity index (χ0) is 19.6. The number of hydrogen-bond acceptors (Lipinski definition) is 3. The van der Waals surface area contributed by atoms with Gasteiger partial charge in [-0.05, 0) is 42.0 Å². The highest BCUT2D eigenvalue weighted by Gasteiger charge is 2.31. The van der Waals surface area contributed by atoms with Gasteiger partial charge in [0.1, 0.15) is 17.6 Å². The van der Waals surface area contributed by atoms with Gasteiger partial charge in [-0.15, -0.1) is 13.2 Å². The first-order chi connectivity index (χ1) is 12.8. The minimum atomic E-state index is -4.82. The minimum absolute atomic E-state index is 0.0971. The van der Waals surface area contributed by atoms with Crippen molar-refractivity contribution < 1.29 is 22.3 Å². The van der Waals surface area contributed by atoms with Crippen LogP contribution in [0.3, 0.4) is 0 Å². The van der Waals surface area contributed by atoms with Gasteiger partial charge in [0.2, 0.25) is 0 Å². The lowest BCUT2D eigenvalue weighted by Gasteiger charge is -2.12. The number of benzene rings is 2. The number of rotatable bonds is 3. The molecule has 2 aromatic carbocycles. The number of pyridine rings is 1. The van der Waals surface area contributed by atoms with Gasteiger partial charge in [-0.3, -0.25) is 9.36 Å². The lowest BCUT2D eigenvalue weighted by atomic mass is 10.0. The van der Waals surface area contributed by atoms with E-state index in [1.165, 1.54) is 47.2 Å². The molecule has 0 aliphatic carbocycles. The van der Waals surface area contributed by atoms with Crippen LogP contribution in [0.15, 0.2) is 65.6 Å². The molecule has 0 spiro atoms. The molecule has 0 N–H and O–H groups in total. The highest BCUT2D eigenvalue weighted by atomic mass is 19.4. The first-order valence-electron chi connectivity index (χ1n) is 7.56. The van der Waals surface area contributed by atoms with Crippen molar-refractivity contribution in [3.8, 4) is 28.6 Å². The van der Waals surface area contributed by atoms with Crippen LogP contribution in [0.2, 0.25) is 0 Å². The zero-order valence-corrected chi connectivity index (χ0v) is 13.5. The summed E-state index contributed by atoms with van der Waals surface area (Å²) < 4.78 is 54.9. The first kappa shape index (κ1) is 18.2. The highest BCUT2D eigenvalue weighted by molar-refractivity contribution is 5.70. The molecule has 0 saturated carbocycles. The average molecular weight is 374 g/mol. The summed E-state index contributed by atoms with van der Waals surface area (Å²) in [6.07, 6.45) is -3.43. The van der Waals surface area contributed by atoms with Crippen LogP contribution < -0.4 is 10.3 Å². The van der Waals surface area contributed by atoms with E-state index in [9.17, 15) is 27.6 Å². The predicted octanol–water partition coefficient (Wildman–Crippen LogP) is 4.41. The van der Waals surface area contributed by atoms with E-state index >= 15 is 0 Å². The maximum absolute atomic E-state index is 13.1. The summed E-state index contributed by atoms with van der Waals surface area (Å²) in [4.78, 5) is 12.3. The molecule has 0 aliphatic rings. The molecule has 8 heteroatoms. The summed E-state index contributed by atoms with van der Waals surface area (Å²) in [6, 6.07) is 13.1. The molecule has 4 nitrogen and oxygen atoms in total. The van der Waals surface area contributed by atoms with Gasteiger partial charge in [-0.25, -0.2) is 4.39 Å². The van der Waals surface area contributed by atoms with E-state index in [1.54, 1.807) is 0 Å². The summed E-state index contributed by atoms with van der Waals surface area (Å²) >= 11 is 0. The van der Waals surface area contributed by atoms with E-state index in [0.29, 0.717) is 11.1 Å². The molecule has 0 bridgehead atoms. The van der Waals surface area contributed by atoms with Crippen LogP contribution in [0.25, 0.3) is 16.8 Å². The Bertz CT molecular complexity index is 1060. The molecule has 0 amide bonds. The summed E-state index contributed by atoms with van der Waals surface area (Å²) in [5.41, 5.74) is 0.732. The fourth-order valence-corrected chi connectivity index (χ4v) is 2.50. The second-order valence-electron chi connectivity index (χ2n) is 5.47. The highest BCUT2D eigenvalue weighted by Crippen LogP contribution is 2.26. The van der Waals surface area contributed by atoms with E-state index in [-0.39, 0.29) is 11.3 Å². The first-order valence-corrected chi connectivity index (χ1v) is 7.56. The monoisotopic (exact) mass is 374 g/mol. The number of hydrogen-bond donors (Lipinski definition) is 0. The maximum atomic E-state index is 13.1. The van der Waals surface area contributed by atoms with Crippen molar-refractivity contribution in [3.63, 3.8) is 0 Å². The minimum Gasteiger partial charge on any atom is -0.406 e. The molecule has 27 heavy (non-hydrogen) atoms. The number of nitrogens with zero attached hydrogens (tertiary/aromatic N) is 2. The Balaban J connectivity index is 2.06. The second-order valence-corrected chi connectivity index (χ2v) is 5.47. The normalized spacial score (nSPS) is 11.1. The molecule has 3 rings (SSSR count). The summed E-state index contributed by atoms with van der Waals surface area (Å²) in [5, 5.41) is 9.27. The van der Waals surface area contributed by atoms with Crippen molar-refractivity contribution in [2.75, 3.05) is 0 Å². The Labute approximate surface area is 150 Å². The molecule has 0 unspecified atom stereocenters. The Morgan fingerprint density at radius 3 is 2.19 bits per heavy atom. The van der Waals surface area contributed by atoms with Crippen LogP contribution in [-0.4, -0.2) is 10.9 Å². The standard InChI is InChI=1S/C19H10F4N2O2/c20-14-3-1-12(2-4-14)17-11-25(18(26)9-13(17)10-24)15-5-7-16(8-6-15)27-19(21,22)23/h1-9,11H. The molecular formula is C19H10F4N2O2. The fourth-order valence-electron chi connectivity index (χ4n) is 2.50. The van der Waals surface area contributed by atoms with Gasteiger partial charge in [0.25, 0.3) is 5.56 Å². The Kier molecular flexibility index (Phi) is 4.69. The van der Waals surface area contributed by atoms with Crippen molar-refractivity contribution in [1.82, 2.24) is 4.57 Å². The molecule has 3 aromatic rings. The van der Waals surface area contributed by atoms with Gasteiger partial charge < -0.3 is 4.74 Å². The third kappa shape index (κ3) is 4.15. The Morgan fingerprint density at radius 2 is 1.63 bits per heavy atom. The second kappa shape index (κ2) is 6.96. The number of alkyl halides is 3. The Hall–Kier alpha value is -3.60. The smallest absolute Gasteiger partial charge is 0.406 e. The number of ether oxygens (including phenoxy) is 1. The van der Waals surface area contributed by atoms with E-state index in [2.05, 4.69) is 4.74 Å². The topological polar surface area (TPSA) is 55.0 Å². The molecule has 0 atom stereocenters. The molecule has 0 saturated heterocycles. The third-order valence-electron chi connectivity index (χ3n) is 3.68. The van der Waals surface area contributed by atoms with Gasteiger partial charge in [-0.2, -0.15) is 5.26 Å². The summed E-state index contributed by atoms with van der Waals surface area (Å²) in [5.74, 6) is -0.877. The molecule has 0 radical (unpaired) electrons. The molecule has 0 aliphatic heterocycles. The van der Waals surface area contributed by atoms with Crippen LogP contribution in [0.4, 0.5) is 17.6 Å².